The monoisotopic (exact) mass is 519 g/mol. The summed E-state index contributed by atoms with van der Waals surface area (Å²) in [5, 5.41) is 10.6. The molecule has 1 aromatic heterocycles. The second-order valence-corrected chi connectivity index (χ2v) is 9.21. The van der Waals surface area contributed by atoms with Crippen molar-refractivity contribution in [3.05, 3.63) is 103 Å². The molecule has 0 saturated heterocycles. The van der Waals surface area contributed by atoms with Crippen LogP contribution in [-0.4, -0.2) is 22.5 Å². The summed E-state index contributed by atoms with van der Waals surface area (Å²) >= 11 is 3.41. The molecule has 1 aliphatic heterocycles. The summed E-state index contributed by atoms with van der Waals surface area (Å²) in [6.45, 7) is 4.48. The third-order valence-corrected chi connectivity index (χ3v) is 6.49. The Bertz CT molecular complexity index is 1480. The average molecular weight is 520 g/mol. The molecule has 5 rings (SSSR count). The Kier molecular flexibility index (Phi) is 5.65. The number of aryl methyl sites for hydroxylation is 1. The number of rotatable bonds is 5. The Hall–Kier alpha value is -3.58. The molecule has 1 amide bonds. The standard InChI is InChI=1S/C27H22BrNO5/c1-3-33-22-12-17(8-10-20(22)30)24-23-25(31)19-13-18(28)9-11-21(19)34-26(23)27(32)29(24)14-16-6-4-15(2)5-7-16/h4-13,24,30H,3,14H2,1-2H3/t24-/m1/s1. The zero-order valence-corrected chi connectivity index (χ0v) is 20.3. The van der Waals surface area contributed by atoms with Gasteiger partial charge in [0.05, 0.1) is 23.6 Å². The summed E-state index contributed by atoms with van der Waals surface area (Å²) < 4.78 is 12.3. The summed E-state index contributed by atoms with van der Waals surface area (Å²) in [4.78, 5) is 28.9. The number of nitrogens with zero attached hydrogens (tertiary/aromatic N) is 1. The number of fused-ring (bicyclic) bond motifs is 2. The average Bonchev–Trinajstić information content (AvgIpc) is 3.09. The molecule has 0 radical (unpaired) electrons. The first-order valence-corrected chi connectivity index (χ1v) is 11.7. The summed E-state index contributed by atoms with van der Waals surface area (Å²) in [5.74, 6) is -0.0182. The lowest BCUT2D eigenvalue weighted by Gasteiger charge is -2.26. The van der Waals surface area contributed by atoms with Crippen molar-refractivity contribution in [2.24, 2.45) is 0 Å². The van der Waals surface area contributed by atoms with E-state index in [2.05, 4.69) is 15.9 Å². The highest BCUT2D eigenvalue weighted by Gasteiger charge is 2.43. The van der Waals surface area contributed by atoms with Crippen LogP contribution in [0.3, 0.4) is 0 Å². The van der Waals surface area contributed by atoms with Crippen molar-refractivity contribution in [1.82, 2.24) is 4.90 Å². The van der Waals surface area contributed by atoms with Gasteiger partial charge in [-0.15, -0.1) is 0 Å². The zero-order valence-electron chi connectivity index (χ0n) is 18.7. The number of carbonyl (C=O) groups excluding carboxylic acids is 1. The number of phenols is 1. The van der Waals surface area contributed by atoms with Crippen molar-refractivity contribution in [3.8, 4) is 11.5 Å². The van der Waals surface area contributed by atoms with Crippen LogP contribution in [0.2, 0.25) is 0 Å². The molecular weight excluding hydrogens is 498 g/mol. The lowest BCUT2D eigenvalue weighted by Crippen LogP contribution is -2.29. The topological polar surface area (TPSA) is 80.0 Å². The van der Waals surface area contributed by atoms with E-state index in [0.29, 0.717) is 28.9 Å². The van der Waals surface area contributed by atoms with E-state index in [-0.39, 0.29) is 35.0 Å². The Morgan fingerprint density at radius 1 is 1.06 bits per heavy atom. The molecule has 7 heteroatoms. The number of halogens is 1. The van der Waals surface area contributed by atoms with Crippen molar-refractivity contribution in [2.45, 2.75) is 26.4 Å². The van der Waals surface area contributed by atoms with Crippen LogP contribution in [0.5, 0.6) is 11.5 Å². The summed E-state index contributed by atoms with van der Waals surface area (Å²) in [6.07, 6.45) is 0. The SMILES string of the molecule is CCOc1cc([C@@H]2c3c(oc4ccc(Br)cc4c3=O)C(=O)N2Cc2ccc(C)cc2)ccc1O. The number of amides is 1. The first-order valence-electron chi connectivity index (χ1n) is 11.0. The molecule has 6 nitrogen and oxygen atoms in total. The number of phenolic OH excluding ortho intramolecular Hbond substituents is 1. The van der Waals surface area contributed by atoms with E-state index in [1.54, 1.807) is 35.2 Å². The molecule has 1 N–H and O–H groups in total. The fourth-order valence-corrected chi connectivity index (χ4v) is 4.73. The largest absolute Gasteiger partial charge is 0.504 e. The van der Waals surface area contributed by atoms with E-state index in [1.165, 1.54) is 6.07 Å². The molecule has 0 spiro atoms. The van der Waals surface area contributed by atoms with Crippen LogP contribution in [0, 0.1) is 6.92 Å². The third-order valence-electron chi connectivity index (χ3n) is 6.00. The van der Waals surface area contributed by atoms with Gasteiger partial charge < -0.3 is 19.2 Å². The van der Waals surface area contributed by atoms with E-state index in [0.717, 1.165) is 15.6 Å². The molecule has 0 fully saturated rings. The van der Waals surface area contributed by atoms with Crippen molar-refractivity contribution in [1.29, 1.82) is 0 Å². The van der Waals surface area contributed by atoms with Gasteiger partial charge in [-0.25, -0.2) is 0 Å². The smallest absolute Gasteiger partial charge is 0.291 e. The van der Waals surface area contributed by atoms with Gasteiger partial charge in [0.2, 0.25) is 5.76 Å². The van der Waals surface area contributed by atoms with Crippen molar-refractivity contribution >= 4 is 32.8 Å². The van der Waals surface area contributed by atoms with Crippen molar-refractivity contribution in [2.75, 3.05) is 6.61 Å². The number of hydrogen-bond acceptors (Lipinski definition) is 5. The van der Waals surface area contributed by atoms with E-state index in [4.69, 9.17) is 9.15 Å². The van der Waals surface area contributed by atoms with Gasteiger partial charge in [-0.05, 0) is 55.3 Å². The van der Waals surface area contributed by atoms with E-state index in [1.807, 2.05) is 38.1 Å². The highest BCUT2D eigenvalue weighted by atomic mass is 79.9. The molecule has 172 valence electrons. The van der Waals surface area contributed by atoms with Crippen LogP contribution in [0.4, 0.5) is 0 Å². The highest BCUT2D eigenvalue weighted by Crippen LogP contribution is 2.41. The number of aromatic hydroxyl groups is 1. The number of hydrogen-bond donors (Lipinski definition) is 1. The lowest BCUT2D eigenvalue weighted by molar-refractivity contribution is 0.0714. The number of ether oxygens (including phenoxy) is 1. The van der Waals surface area contributed by atoms with Gasteiger partial charge >= 0.3 is 0 Å². The normalized spacial score (nSPS) is 15.1. The molecule has 34 heavy (non-hydrogen) atoms. The zero-order chi connectivity index (χ0) is 24.0. The minimum Gasteiger partial charge on any atom is -0.504 e. The van der Waals surface area contributed by atoms with Gasteiger partial charge in [0.1, 0.15) is 5.58 Å². The van der Waals surface area contributed by atoms with Crippen LogP contribution in [-0.2, 0) is 6.54 Å². The Labute approximate surface area is 204 Å². The molecule has 0 unspecified atom stereocenters. The predicted molar refractivity (Wildman–Crippen MR) is 132 cm³/mol. The van der Waals surface area contributed by atoms with Crippen LogP contribution in [0.1, 0.15) is 45.8 Å². The van der Waals surface area contributed by atoms with Crippen LogP contribution < -0.4 is 10.2 Å². The van der Waals surface area contributed by atoms with Crippen LogP contribution >= 0.6 is 15.9 Å². The van der Waals surface area contributed by atoms with Gasteiger partial charge in [-0.1, -0.05) is 51.8 Å². The summed E-state index contributed by atoms with van der Waals surface area (Å²) in [6, 6.07) is 17.3. The van der Waals surface area contributed by atoms with Gasteiger partial charge in [0.25, 0.3) is 5.91 Å². The summed E-state index contributed by atoms with van der Waals surface area (Å²) in [5.41, 5.74) is 3.09. The third kappa shape index (κ3) is 3.76. The second-order valence-electron chi connectivity index (χ2n) is 8.30. The molecule has 3 aromatic carbocycles. The Morgan fingerprint density at radius 3 is 2.56 bits per heavy atom. The van der Waals surface area contributed by atoms with E-state index < -0.39 is 6.04 Å². The maximum Gasteiger partial charge on any atom is 0.291 e. The molecule has 0 bridgehead atoms. The minimum atomic E-state index is -0.691. The molecule has 2 heterocycles. The van der Waals surface area contributed by atoms with Gasteiger partial charge in [-0.3, -0.25) is 9.59 Å². The fraction of sp³-hybridized carbons (Fsp3) is 0.185. The molecule has 1 aliphatic rings. The van der Waals surface area contributed by atoms with Gasteiger partial charge in [0, 0.05) is 11.0 Å². The Morgan fingerprint density at radius 2 is 1.82 bits per heavy atom. The molecule has 1 atom stereocenters. The highest BCUT2D eigenvalue weighted by molar-refractivity contribution is 9.10. The number of carbonyl (C=O) groups is 1. The summed E-state index contributed by atoms with van der Waals surface area (Å²) in [7, 11) is 0. The Balaban J connectivity index is 1.72. The van der Waals surface area contributed by atoms with Gasteiger partial charge in [0.15, 0.2) is 16.9 Å². The predicted octanol–water partition coefficient (Wildman–Crippen LogP) is 5.71. The van der Waals surface area contributed by atoms with Crippen LogP contribution in [0.15, 0.2) is 74.3 Å². The maximum absolute atomic E-state index is 13.7. The quantitative estimate of drug-likeness (QED) is 0.365. The first-order chi connectivity index (χ1) is 16.4. The van der Waals surface area contributed by atoms with E-state index >= 15 is 0 Å². The maximum atomic E-state index is 13.7. The van der Waals surface area contributed by atoms with Crippen LogP contribution in [0.25, 0.3) is 11.0 Å². The molecule has 4 aromatic rings. The second kappa shape index (κ2) is 8.65. The molecule has 0 saturated carbocycles. The fourth-order valence-electron chi connectivity index (χ4n) is 4.36. The lowest BCUT2D eigenvalue weighted by atomic mass is 9.97. The van der Waals surface area contributed by atoms with E-state index in [9.17, 15) is 14.7 Å². The molecular formula is C27H22BrNO5. The molecule has 0 aliphatic carbocycles. The minimum absolute atomic E-state index is 0.00490. The van der Waals surface area contributed by atoms with Gasteiger partial charge in [-0.2, -0.15) is 0 Å². The van der Waals surface area contributed by atoms with Crippen molar-refractivity contribution in [3.63, 3.8) is 0 Å². The number of benzene rings is 3. The van der Waals surface area contributed by atoms with Crippen molar-refractivity contribution < 1.29 is 19.1 Å². The first kappa shape index (κ1) is 22.2.